The highest BCUT2D eigenvalue weighted by Gasteiger charge is 2.51. The minimum absolute atomic E-state index is 0.00732. The average Bonchev–Trinajstić information content (AvgIpc) is 3.57. The Balaban J connectivity index is 1.42. The molecule has 10 heteroatoms. The van der Waals surface area contributed by atoms with Gasteiger partial charge in [-0.25, -0.2) is 4.79 Å². The van der Waals surface area contributed by atoms with Crippen molar-refractivity contribution in [3.05, 3.63) is 18.0 Å². The fourth-order valence-electron chi connectivity index (χ4n) is 4.97. The molecular weight excluding hydrogens is 428 g/mol. The van der Waals surface area contributed by atoms with Gasteiger partial charge in [-0.3, -0.25) is 9.69 Å². The molecule has 2 atom stereocenters. The van der Waals surface area contributed by atoms with Gasteiger partial charge in [-0.1, -0.05) is 18.0 Å². The Kier molecular flexibility index (Phi) is 5.59. The number of nitrogens with zero attached hydrogens (tertiary/aromatic N) is 4. The third kappa shape index (κ3) is 3.77. The van der Waals surface area contributed by atoms with E-state index in [0.717, 1.165) is 38.5 Å². The second kappa shape index (κ2) is 8.57. The number of aromatic nitrogens is 2. The molecule has 3 aliphatic rings. The van der Waals surface area contributed by atoms with Crippen molar-refractivity contribution in [1.82, 2.24) is 19.9 Å². The predicted octanol–water partition coefficient (Wildman–Crippen LogP) is 3.25. The molecule has 2 aliphatic carbocycles. The normalized spacial score (nSPS) is 22.9. The summed E-state index contributed by atoms with van der Waals surface area (Å²) in [5, 5.41) is 4.11. The van der Waals surface area contributed by atoms with Crippen LogP contribution >= 0.6 is 0 Å². The van der Waals surface area contributed by atoms with E-state index in [-0.39, 0.29) is 36.5 Å². The largest absolute Gasteiger partial charge is 0.493 e. The lowest BCUT2D eigenvalue weighted by Gasteiger charge is -2.46. The number of hydrogen-bond donors (Lipinski definition) is 0. The first kappa shape index (κ1) is 21.5. The van der Waals surface area contributed by atoms with Crippen LogP contribution in [-0.2, 0) is 11.3 Å². The van der Waals surface area contributed by atoms with Crippen molar-refractivity contribution in [2.75, 3.05) is 21.3 Å². The zero-order valence-corrected chi connectivity index (χ0v) is 19.1. The maximum atomic E-state index is 13.3. The quantitative estimate of drug-likeness (QED) is 0.625. The summed E-state index contributed by atoms with van der Waals surface area (Å²) in [7, 11) is 4.62. The Morgan fingerprint density at radius 3 is 2.33 bits per heavy atom. The summed E-state index contributed by atoms with van der Waals surface area (Å²) in [4.78, 5) is 34.1. The summed E-state index contributed by atoms with van der Waals surface area (Å²) in [5.74, 6) is 1.95. The zero-order chi connectivity index (χ0) is 23.1. The van der Waals surface area contributed by atoms with E-state index in [1.165, 1.54) is 26.2 Å². The summed E-state index contributed by atoms with van der Waals surface area (Å²) in [5.41, 5.74) is 0.634. The van der Waals surface area contributed by atoms with Crippen LogP contribution in [0.4, 0.5) is 4.79 Å². The molecule has 0 spiro atoms. The molecule has 3 fully saturated rings. The molecule has 10 nitrogen and oxygen atoms in total. The second-order valence-corrected chi connectivity index (χ2v) is 8.73. The van der Waals surface area contributed by atoms with E-state index in [4.69, 9.17) is 18.7 Å². The number of hydrogen-bond acceptors (Lipinski definition) is 8. The van der Waals surface area contributed by atoms with E-state index >= 15 is 0 Å². The number of amides is 3. The van der Waals surface area contributed by atoms with Crippen molar-refractivity contribution in [2.45, 2.75) is 57.2 Å². The Morgan fingerprint density at radius 2 is 1.70 bits per heavy atom. The van der Waals surface area contributed by atoms with Gasteiger partial charge in [-0.05, 0) is 37.8 Å². The van der Waals surface area contributed by atoms with Gasteiger partial charge in [-0.15, -0.1) is 0 Å². The van der Waals surface area contributed by atoms with E-state index in [0.29, 0.717) is 34.5 Å². The maximum absolute atomic E-state index is 13.3. The molecule has 176 valence electrons. The van der Waals surface area contributed by atoms with Crippen LogP contribution in [0.5, 0.6) is 17.2 Å². The summed E-state index contributed by atoms with van der Waals surface area (Å²) >= 11 is 0. The van der Waals surface area contributed by atoms with Crippen LogP contribution in [0.25, 0.3) is 11.4 Å². The molecule has 0 N–H and O–H groups in total. The SMILES string of the molecule is COc1cc(-c2noc(CN3C(=O)N(C4CC4)C(=O)C4CCCCC43)n2)cc(OC)c1OC. The van der Waals surface area contributed by atoms with E-state index < -0.39 is 0 Å². The second-order valence-electron chi connectivity index (χ2n) is 8.73. The monoisotopic (exact) mass is 456 g/mol. The number of imide groups is 1. The van der Waals surface area contributed by atoms with Gasteiger partial charge in [-0.2, -0.15) is 4.98 Å². The molecule has 5 rings (SSSR count). The first-order valence-corrected chi connectivity index (χ1v) is 11.3. The Hall–Kier alpha value is -3.30. The minimum atomic E-state index is -0.238. The highest BCUT2D eigenvalue weighted by molar-refractivity contribution is 5.99. The van der Waals surface area contributed by atoms with Crippen LogP contribution in [-0.4, -0.2) is 65.3 Å². The van der Waals surface area contributed by atoms with Crippen molar-refractivity contribution in [3.63, 3.8) is 0 Å². The van der Waals surface area contributed by atoms with Crippen LogP contribution in [0.1, 0.15) is 44.4 Å². The molecule has 0 bridgehead atoms. The Morgan fingerprint density at radius 1 is 1.00 bits per heavy atom. The fourth-order valence-corrected chi connectivity index (χ4v) is 4.97. The van der Waals surface area contributed by atoms with Crippen molar-refractivity contribution < 1.29 is 28.3 Å². The molecular formula is C23H28N4O6. The van der Waals surface area contributed by atoms with E-state index in [1.54, 1.807) is 17.0 Å². The van der Waals surface area contributed by atoms with Crippen LogP contribution in [0.3, 0.4) is 0 Å². The fraction of sp³-hybridized carbons (Fsp3) is 0.565. The van der Waals surface area contributed by atoms with Crippen molar-refractivity contribution in [1.29, 1.82) is 0 Å². The molecule has 2 heterocycles. The number of fused-ring (bicyclic) bond motifs is 1. The summed E-state index contributed by atoms with van der Waals surface area (Å²) in [6.45, 7) is 0.175. The molecule has 1 aromatic carbocycles. The van der Waals surface area contributed by atoms with E-state index in [2.05, 4.69) is 10.1 Å². The lowest BCUT2D eigenvalue weighted by atomic mass is 9.81. The van der Waals surface area contributed by atoms with Crippen LogP contribution in [0.15, 0.2) is 16.7 Å². The van der Waals surface area contributed by atoms with Gasteiger partial charge in [0.1, 0.15) is 6.54 Å². The molecule has 1 saturated heterocycles. The molecule has 2 aromatic rings. The summed E-state index contributed by atoms with van der Waals surface area (Å²) < 4.78 is 21.7. The van der Waals surface area contributed by atoms with Gasteiger partial charge >= 0.3 is 6.03 Å². The van der Waals surface area contributed by atoms with Crippen LogP contribution in [0.2, 0.25) is 0 Å². The maximum Gasteiger partial charge on any atom is 0.327 e. The third-order valence-corrected chi connectivity index (χ3v) is 6.74. The minimum Gasteiger partial charge on any atom is -0.493 e. The lowest BCUT2D eigenvalue weighted by Crippen LogP contribution is -2.62. The first-order valence-electron chi connectivity index (χ1n) is 11.3. The molecule has 1 aliphatic heterocycles. The predicted molar refractivity (Wildman–Crippen MR) is 116 cm³/mol. The van der Waals surface area contributed by atoms with Gasteiger partial charge in [0.05, 0.1) is 27.2 Å². The van der Waals surface area contributed by atoms with Crippen molar-refractivity contribution in [2.24, 2.45) is 5.92 Å². The number of rotatable bonds is 7. The third-order valence-electron chi connectivity index (χ3n) is 6.74. The summed E-state index contributed by atoms with van der Waals surface area (Å²) in [6.07, 6.45) is 5.41. The van der Waals surface area contributed by atoms with Crippen LogP contribution < -0.4 is 14.2 Å². The standard InChI is InChI=1S/C23H28N4O6/c1-30-17-10-13(11-18(31-2)20(17)32-3)21-24-19(33-25-21)12-26-16-7-5-4-6-15(16)22(28)27(23(26)29)14-8-9-14/h10-11,14-16H,4-9,12H2,1-3H3. The molecule has 33 heavy (non-hydrogen) atoms. The highest BCUT2D eigenvalue weighted by atomic mass is 16.5. The topological polar surface area (TPSA) is 107 Å². The van der Waals surface area contributed by atoms with Gasteiger partial charge in [0.25, 0.3) is 0 Å². The number of urea groups is 1. The number of methoxy groups -OCH3 is 3. The van der Waals surface area contributed by atoms with Crippen LogP contribution in [0, 0.1) is 5.92 Å². The van der Waals surface area contributed by atoms with Gasteiger partial charge in [0, 0.05) is 17.6 Å². The van der Waals surface area contributed by atoms with Crippen molar-refractivity contribution in [3.8, 4) is 28.6 Å². The smallest absolute Gasteiger partial charge is 0.327 e. The number of carbonyl (C=O) groups excluding carboxylic acids is 2. The molecule has 2 unspecified atom stereocenters. The molecule has 3 amide bonds. The highest BCUT2D eigenvalue weighted by Crippen LogP contribution is 2.42. The number of ether oxygens (including phenoxy) is 3. The van der Waals surface area contributed by atoms with Crippen molar-refractivity contribution >= 4 is 11.9 Å². The molecule has 1 aromatic heterocycles. The molecule has 0 radical (unpaired) electrons. The Bertz CT molecular complexity index is 1040. The van der Waals surface area contributed by atoms with Gasteiger partial charge in [0.2, 0.25) is 23.4 Å². The van der Waals surface area contributed by atoms with E-state index in [1.807, 2.05) is 0 Å². The number of carbonyl (C=O) groups is 2. The van der Waals surface area contributed by atoms with Gasteiger partial charge in [0.15, 0.2) is 11.5 Å². The number of benzene rings is 1. The Labute approximate surface area is 191 Å². The first-order chi connectivity index (χ1) is 16.0. The van der Waals surface area contributed by atoms with Gasteiger partial charge < -0.3 is 23.6 Å². The zero-order valence-electron chi connectivity index (χ0n) is 19.1. The molecule has 2 saturated carbocycles. The average molecular weight is 456 g/mol. The van der Waals surface area contributed by atoms with E-state index in [9.17, 15) is 9.59 Å². The lowest BCUT2D eigenvalue weighted by molar-refractivity contribution is -0.141. The summed E-state index contributed by atoms with van der Waals surface area (Å²) in [6, 6.07) is 3.16.